The first-order valence-corrected chi connectivity index (χ1v) is 8.08. The first kappa shape index (κ1) is 14.4. The fraction of sp³-hybridized carbons (Fsp3) is 0.474. The molecule has 1 aliphatic rings. The maximum atomic E-state index is 5.93. The molecule has 1 N–H and O–H groups in total. The second-order valence-electron chi connectivity index (χ2n) is 6.43. The third kappa shape index (κ3) is 3.98. The molecule has 1 fully saturated rings. The number of rotatable bonds is 7. The quantitative estimate of drug-likeness (QED) is 0.808. The van der Waals surface area contributed by atoms with Crippen LogP contribution in [0.1, 0.15) is 49.7 Å². The monoisotopic (exact) mass is 283 g/mol. The SMILES string of the molecule is CC(CCc1ccccc1)NCc1ccc(C2CC2C)o1. The van der Waals surface area contributed by atoms with Gasteiger partial charge >= 0.3 is 0 Å². The first-order chi connectivity index (χ1) is 10.2. The van der Waals surface area contributed by atoms with Crippen LogP contribution in [0.3, 0.4) is 0 Å². The molecular formula is C19H25NO. The van der Waals surface area contributed by atoms with E-state index in [1.165, 1.54) is 17.7 Å². The summed E-state index contributed by atoms with van der Waals surface area (Å²) in [6.45, 7) is 5.36. The average molecular weight is 283 g/mol. The van der Waals surface area contributed by atoms with E-state index in [9.17, 15) is 0 Å². The van der Waals surface area contributed by atoms with Crippen molar-refractivity contribution in [3.8, 4) is 0 Å². The van der Waals surface area contributed by atoms with Gasteiger partial charge in [0, 0.05) is 12.0 Å². The molecule has 1 aromatic heterocycles. The van der Waals surface area contributed by atoms with E-state index in [2.05, 4.69) is 61.6 Å². The van der Waals surface area contributed by atoms with E-state index in [-0.39, 0.29) is 0 Å². The fourth-order valence-electron chi connectivity index (χ4n) is 2.81. The smallest absolute Gasteiger partial charge is 0.117 e. The molecule has 3 unspecified atom stereocenters. The van der Waals surface area contributed by atoms with Crippen molar-refractivity contribution >= 4 is 0 Å². The van der Waals surface area contributed by atoms with Crippen molar-refractivity contribution in [1.82, 2.24) is 5.32 Å². The number of benzene rings is 1. The number of hydrogen-bond acceptors (Lipinski definition) is 2. The van der Waals surface area contributed by atoms with Gasteiger partial charge in [0.05, 0.1) is 6.54 Å². The first-order valence-electron chi connectivity index (χ1n) is 8.08. The topological polar surface area (TPSA) is 25.2 Å². The molecule has 0 bridgehead atoms. The molecule has 21 heavy (non-hydrogen) atoms. The predicted molar refractivity (Wildman–Crippen MR) is 86.3 cm³/mol. The van der Waals surface area contributed by atoms with E-state index >= 15 is 0 Å². The van der Waals surface area contributed by atoms with Crippen LogP contribution >= 0.6 is 0 Å². The lowest BCUT2D eigenvalue weighted by atomic mass is 10.1. The summed E-state index contributed by atoms with van der Waals surface area (Å²) in [5.41, 5.74) is 1.41. The molecule has 0 aliphatic heterocycles. The van der Waals surface area contributed by atoms with Crippen molar-refractivity contribution in [2.75, 3.05) is 0 Å². The Hall–Kier alpha value is -1.54. The van der Waals surface area contributed by atoms with Gasteiger partial charge in [-0.2, -0.15) is 0 Å². The molecule has 0 radical (unpaired) electrons. The van der Waals surface area contributed by atoms with Gasteiger partial charge in [-0.3, -0.25) is 0 Å². The number of nitrogens with one attached hydrogen (secondary N) is 1. The van der Waals surface area contributed by atoms with Gasteiger partial charge in [-0.05, 0) is 49.8 Å². The molecule has 0 amide bonds. The summed E-state index contributed by atoms with van der Waals surface area (Å²) in [6, 6.07) is 15.5. The van der Waals surface area contributed by atoms with Crippen molar-refractivity contribution in [3.63, 3.8) is 0 Å². The Morgan fingerprint density at radius 3 is 2.67 bits per heavy atom. The Kier molecular flexibility index (Phi) is 4.45. The van der Waals surface area contributed by atoms with Crippen molar-refractivity contribution in [1.29, 1.82) is 0 Å². The molecule has 2 heteroatoms. The molecule has 112 valence electrons. The lowest BCUT2D eigenvalue weighted by Crippen LogP contribution is -2.25. The van der Waals surface area contributed by atoms with E-state index in [0.29, 0.717) is 12.0 Å². The van der Waals surface area contributed by atoms with Gasteiger partial charge in [-0.15, -0.1) is 0 Å². The number of hydrogen-bond donors (Lipinski definition) is 1. The van der Waals surface area contributed by atoms with Crippen LogP contribution in [0.5, 0.6) is 0 Å². The van der Waals surface area contributed by atoms with Crippen LogP contribution in [0.2, 0.25) is 0 Å². The summed E-state index contributed by atoms with van der Waals surface area (Å²) < 4.78 is 5.93. The van der Waals surface area contributed by atoms with E-state index in [0.717, 1.165) is 31.1 Å². The summed E-state index contributed by atoms with van der Waals surface area (Å²) in [6.07, 6.45) is 3.56. The van der Waals surface area contributed by atoms with Crippen LogP contribution in [0.25, 0.3) is 0 Å². The highest BCUT2D eigenvalue weighted by Gasteiger charge is 2.36. The number of furan rings is 1. The molecule has 3 rings (SSSR count). The van der Waals surface area contributed by atoms with Gasteiger partial charge in [0.25, 0.3) is 0 Å². The van der Waals surface area contributed by atoms with Crippen LogP contribution in [0, 0.1) is 5.92 Å². The van der Waals surface area contributed by atoms with Crippen LogP contribution in [0.15, 0.2) is 46.9 Å². The van der Waals surface area contributed by atoms with Crippen molar-refractivity contribution in [2.45, 2.75) is 51.6 Å². The summed E-state index contributed by atoms with van der Waals surface area (Å²) in [5.74, 6) is 3.72. The minimum Gasteiger partial charge on any atom is -0.464 e. The highest BCUT2D eigenvalue weighted by atomic mass is 16.3. The average Bonchev–Trinajstić information content (AvgIpc) is 3.05. The predicted octanol–water partition coefficient (Wildman–Crippen LogP) is 4.51. The van der Waals surface area contributed by atoms with E-state index < -0.39 is 0 Å². The summed E-state index contributed by atoms with van der Waals surface area (Å²) in [4.78, 5) is 0. The van der Waals surface area contributed by atoms with Crippen LogP contribution in [-0.4, -0.2) is 6.04 Å². The van der Waals surface area contributed by atoms with Gasteiger partial charge in [0.15, 0.2) is 0 Å². The Morgan fingerprint density at radius 2 is 1.95 bits per heavy atom. The second-order valence-corrected chi connectivity index (χ2v) is 6.43. The Balaban J connectivity index is 1.41. The molecule has 2 aromatic rings. The van der Waals surface area contributed by atoms with E-state index in [1.807, 2.05) is 0 Å². The van der Waals surface area contributed by atoms with Crippen molar-refractivity contribution < 1.29 is 4.42 Å². The molecule has 0 spiro atoms. The van der Waals surface area contributed by atoms with Crippen LogP contribution in [-0.2, 0) is 13.0 Å². The molecule has 1 aromatic carbocycles. The van der Waals surface area contributed by atoms with Crippen molar-refractivity contribution in [3.05, 3.63) is 59.5 Å². The number of aryl methyl sites for hydroxylation is 1. The molecule has 1 aliphatic carbocycles. The van der Waals surface area contributed by atoms with Crippen LogP contribution < -0.4 is 5.32 Å². The maximum absolute atomic E-state index is 5.93. The highest BCUT2D eigenvalue weighted by molar-refractivity contribution is 5.18. The minimum atomic E-state index is 0.499. The Morgan fingerprint density at radius 1 is 1.19 bits per heavy atom. The molecule has 1 heterocycles. The fourth-order valence-corrected chi connectivity index (χ4v) is 2.81. The van der Waals surface area contributed by atoms with E-state index in [1.54, 1.807) is 0 Å². The Bertz CT molecular complexity index is 560. The van der Waals surface area contributed by atoms with E-state index in [4.69, 9.17) is 4.42 Å². The lowest BCUT2D eigenvalue weighted by Gasteiger charge is -2.12. The maximum Gasteiger partial charge on any atom is 0.117 e. The lowest BCUT2D eigenvalue weighted by molar-refractivity contribution is 0.420. The summed E-state index contributed by atoms with van der Waals surface area (Å²) in [5, 5.41) is 3.56. The van der Waals surface area contributed by atoms with Gasteiger partial charge in [0.1, 0.15) is 11.5 Å². The highest BCUT2D eigenvalue weighted by Crippen LogP contribution is 2.47. The van der Waals surface area contributed by atoms with Crippen LogP contribution in [0.4, 0.5) is 0 Å². The zero-order valence-corrected chi connectivity index (χ0v) is 13.0. The third-order valence-corrected chi connectivity index (χ3v) is 4.49. The minimum absolute atomic E-state index is 0.499. The standard InChI is InChI=1S/C19H25NO/c1-14-12-18(14)19-11-10-17(21-19)13-20-15(2)8-9-16-6-4-3-5-7-16/h3-7,10-11,14-15,18,20H,8-9,12-13H2,1-2H3. The molecule has 0 saturated heterocycles. The van der Waals surface area contributed by atoms with Gasteiger partial charge in [0.2, 0.25) is 0 Å². The Labute approximate surface area is 127 Å². The molecule has 3 atom stereocenters. The molecule has 2 nitrogen and oxygen atoms in total. The zero-order chi connectivity index (χ0) is 14.7. The summed E-state index contributed by atoms with van der Waals surface area (Å²) in [7, 11) is 0. The molecule has 1 saturated carbocycles. The zero-order valence-electron chi connectivity index (χ0n) is 13.0. The molecular weight excluding hydrogens is 258 g/mol. The summed E-state index contributed by atoms with van der Waals surface area (Å²) >= 11 is 0. The third-order valence-electron chi connectivity index (χ3n) is 4.49. The largest absolute Gasteiger partial charge is 0.464 e. The van der Waals surface area contributed by atoms with Gasteiger partial charge in [-0.1, -0.05) is 37.3 Å². The van der Waals surface area contributed by atoms with Gasteiger partial charge < -0.3 is 9.73 Å². The second kappa shape index (κ2) is 6.48. The normalized spacial score (nSPS) is 22.2. The van der Waals surface area contributed by atoms with Gasteiger partial charge in [-0.25, -0.2) is 0 Å². The van der Waals surface area contributed by atoms with Crippen molar-refractivity contribution in [2.24, 2.45) is 5.92 Å².